The molecule has 0 heterocycles. The van der Waals surface area contributed by atoms with Gasteiger partial charge in [-0.3, -0.25) is 4.79 Å². The molecule has 39 valence electrons. The van der Waals surface area contributed by atoms with Crippen LogP contribution in [0, 0.1) is 0 Å². The maximum atomic E-state index is 9.46. The Kier molecular flexibility index (Phi) is 5.21. The average Bonchev–Trinajstić information content (AvgIpc) is 1.69. The fourth-order valence-corrected chi connectivity index (χ4v) is 0.413. The highest BCUT2D eigenvalue weighted by Crippen LogP contribution is 1.95. The van der Waals surface area contributed by atoms with Crippen LogP contribution in [0.15, 0.2) is 11.6 Å². The van der Waals surface area contributed by atoms with Crippen molar-refractivity contribution in [1.29, 1.82) is 0 Å². The van der Waals surface area contributed by atoms with Gasteiger partial charge in [0.25, 0.3) is 0 Å². The number of nitrogens with two attached hydrogens (primary N) is 1. The van der Waals surface area contributed by atoms with Crippen molar-refractivity contribution in [1.82, 2.24) is 0 Å². The normalized spacial score (nSPS) is 9.71. The maximum Gasteiger partial charge on any atom is 0.209 e. The predicted octanol–water partition coefficient (Wildman–Crippen LogP) is 0.259. The molecule has 2 N–H and O–H groups in total. The quantitative estimate of drug-likeness (QED) is 0.538. The molecule has 0 amide bonds. The zero-order valence-electron chi connectivity index (χ0n) is 3.76. The van der Waals surface area contributed by atoms with Crippen LogP contribution in [-0.4, -0.2) is 12.0 Å². The Bertz CT molecular complexity index is 72.1. The van der Waals surface area contributed by atoms with E-state index in [2.05, 4.69) is 0 Å². The lowest BCUT2D eigenvalue weighted by Gasteiger charge is -1.75. The fraction of sp³-hybridized carbons (Fsp3) is 0.250. The zero-order chi connectivity index (χ0) is 5.54. The van der Waals surface area contributed by atoms with Crippen molar-refractivity contribution < 1.29 is 4.79 Å². The van der Waals surface area contributed by atoms with Crippen LogP contribution in [0.4, 0.5) is 0 Å². The van der Waals surface area contributed by atoms with Gasteiger partial charge in [-0.25, -0.2) is 0 Å². The molecule has 0 aromatic heterocycles. The van der Waals surface area contributed by atoms with Crippen molar-refractivity contribution in [3.8, 4) is 0 Å². The minimum atomic E-state index is 0.369. The Morgan fingerprint density at radius 3 is 3.00 bits per heavy atom. The molecule has 2 nitrogen and oxygen atoms in total. The SMILES string of the molecule is NC=CSC[C]=O. The van der Waals surface area contributed by atoms with Gasteiger partial charge in [0, 0.05) is 6.20 Å². The van der Waals surface area contributed by atoms with Gasteiger partial charge in [0.15, 0.2) is 0 Å². The first-order valence-electron chi connectivity index (χ1n) is 1.75. The minimum Gasteiger partial charge on any atom is -0.404 e. The van der Waals surface area contributed by atoms with E-state index in [0.717, 1.165) is 0 Å². The first kappa shape index (κ1) is 6.56. The smallest absolute Gasteiger partial charge is 0.209 e. The van der Waals surface area contributed by atoms with Gasteiger partial charge in [0.2, 0.25) is 6.29 Å². The zero-order valence-corrected chi connectivity index (χ0v) is 4.57. The van der Waals surface area contributed by atoms with Crippen molar-refractivity contribution >= 4 is 18.0 Å². The Hall–Kier alpha value is -0.440. The molecule has 0 saturated heterocycles. The third-order valence-corrected chi connectivity index (χ3v) is 0.951. The van der Waals surface area contributed by atoms with Crippen LogP contribution >= 0.6 is 11.8 Å². The number of rotatable bonds is 3. The van der Waals surface area contributed by atoms with Gasteiger partial charge in [-0.15, -0.1) is 11.8 Å². The molecule has 0 atom stereocenters. The highest BCUT2D eigenvalue weighted by molar-refractivity contribution is 8.02. The summed E-state index contributed by atoms with van der Waals surface area (Å²) in [4.78, 5) is 9.46. The van der Waals surface area contributed by atoms with Gasteiger partial charge in [-0.2, -0.15) is 0 Å². The largest absolute Gasteiger partial charge is 0.404 e. The van der Waals surface area contributed by atoms with Crippen molar-refractivity contribution in [2.24, 2.45) is 5.73 Å². The summed E-state index contributed by atoms with van der Waals surface area (Å²) in [6, 6.07) is 0. The number of hydrogen-bond donors (Lipinski definition) is 1. The molecule has 0 aromatic rings. The average molecular weight is 116 g/mol. The molecule has 0 spiro atoms. The molecule has 0 bridgehead atoms. The van der Waals surface area contributed by atoms with Crippen LogP contribution in [0.1, 0.15) is 0 Å². The molecule has 0 fully saturated rings. The van der Waals surface area contributed by atoms with Crippen LogP contribution in [-0.2, 0) is 4.79 Å². The molecule has 0 saturated carbocycles. The third-order valence-electron chi connectivity index (χ3n) is 0.317. The van der Waals surface area contributed by atoms with Crippen LogP contribution in [0.3, 0.4) is 0 Å². The second-order valence-electron chi connectivity index (χ2n) is 0.784. The summed E-state index contributed by atoms with van der Waals surface area (Å²) in [6.07, 6.45) is 3.10. The number of thioether (sulfide) groups is 1. The molecule has 1 radical (unpaired) electrons. The molecule has 0 aromatic carbocycles. The first-order valence-corrected chi connectivity index (χ1v) is 2.80. The summed E-state index contributed by atoms with van der Waals surface area (Å²) in [5.41, 5.74) is 4.94. The summed E-state index contributed by atoms with van der Waals surface area (Å²) in [7, 11) is 0. The highest BCUT2D eigenvalue weighted by atomic mass is 32.2. The lowest BCUT2D eigenvalue weighted by atomic mass is 10.9. The van der Waals surface area contributed by atoms with Gasteiger partial charge in [0.1, 0.15) is 0 Å². The Balaban J connectivity index is 2.82. The minimum absolute atomic E-state index is 0.369. The summed E-state index contributed by atoms with van der Waals surface area (Å²) < 4.78 is 0. The van der Waals surface area contributed by atoms with Crippen LogP contribution in [0.25, 0.3) is 0 Å². The van der Waals surface area contributed by atoms with Crippen molar-refractivity contribution in [2.75, 3.05) is 5.75 Å². The summed E-state index contributed by atoms with van der Waals surface area (Å²) >= 11 is 1.32. The van der Waals surface area contributed by atoms with E-state index in [9.17, 15) is 4.79 Å². The first-order chi connectivity index (χ1) is 3.41. The lowest BCUT2D eigenvalue weighted by molar-refractivity contribution is 0.560. The number of carbonyl (C=O) groups excluding carboxylic acids is 1. The molecular weight excluding hydrogens is 110 g/mol. The molecule has 0 rings (SSSR count). The van der Waals surface area contributed by atoms with Gasteiger partial charge < -0.3 is 5.73 Å². The molecule has 3 heteroatoms. The van der Waals surface area contributed by atoms with E-state index in [4.69, 9.17) is 5.73 Å². The fourth-order valence-electron chi connectivity index (χ4n) is 0.138. The van der Waals surface area contributed by atoms with Gasteiger partial charge in [-0.1, -0.05) is 0 Å². The molecular formula is C4H6NOS. The highest BCUT2D eigenvalue weighted by Gasteiger charge is 1.74. The predicted molar refractivity (Wildman–Crippen MR) is 31.5 cm³/mol. The second-order valence-corrected chi connectivity index (χ2v) is 1.68. The topological polar surface area (TPSA) is 43.1 Å². The summed E-state index contributed by atoms with van der Waals surface area (Å²) in [6.45, 7) is 0. The monoisotopic (exact) mass is 116 g/mol. The summed E-state index contributed by atoms with van der Waals surface area (Å²) in [5.74, 6) is 0.369. The van der Waals surface area contributed by atoms with Gasteiger partial charge >= 0.3 is 0 Å². The Morgan fingerprint density at radius 2 is 2.57 bits per heavy atom. The van der Waals surface area contributed by atoms with E-state index in [1.165, 1.54) is 18.0 Å². The van der Waals surface area contributed by atoms with E-state index < -0.39 is 0 Å². The van der Waals surface area contributed by atoms with Crippen molar-refractivity contribution in [3.63, 3.8) is 0 Å². The molecule has 0 aliphatic carbocycles. The standard InChI is InChI=1S/C4H6NOS/c5-1-3-7-4-2-6/h1,3H,4-5H2. The van der Waals surface area contributed by atoms with Crippen LogP contribution in [0.2, 0.25) is 0 Å². The maximum absolute atomic E-state index is 9.46. The van der Waals surface area contributed by atoms with Gasteiger partial charge in [0.05, 0.1) is 5.75 Å². The molecule has 7 heavy (non-hydrogen) atoms. The van der Waals surface area contributed by atoms with Crippen molar-refractivity contribution in [3.05, 3.63) is 11.6 Å². The number of hydrogen-bond acceptors (Lipinski definition) is 3. The van der Waals surface area contributed by atoms with Crippen LogP contribution in [0.5, 0.6) is 0 Å². The summed E-state index contributed by atoms with van der Waals surface area (Å²) in [5, 5.41) is 1.64. The molecule has 0 unspecified atom stereocenters. The molecule has 0 aliphatic heterocycles. The van der Waals surface area contributed by atoms with Crippen LogP contribution < -0.4 is 5.73 Å². The van der Waals surface area contributed by atoms with E-state index in [1.54, 1.807) is 11.7 Å². The van der Waals surface area contributed by atoms with Crippen molar-refractivity contribution in [2.45, 2.75) is 0 Å². The second kappa shape index (κ2) is 5.56. The van der Waals surface area contributed by atoms with Gasteiger partial charge in [-0.05, 0) is 5.41 Å². The Labute approximate surface area is 46.8 Å². The lowest BCUT2D eigenvalue weighted by Crippen LogP contribution is -1.76. The van der Waals surface area contributed by atoms with E-state index >= 15 is 0 Å². The van der Waals surface area contributed by atoms with E-state index in [0.29, 0.717) is 5.75 Å². The van der Waals surface area contributed by atoms with E-state index in [1.807, 2.05) is 0 Å². The molecule has 0 aliphatic rings. The third kappa shape index (κ3) is 5.56. The van der Waals surface area contributed by atoms with E-state index in [-0.39, 0.29) is 0 Å². The Morgan fingerprint density at radius 1 is 1.86 bits per heavy atom.